The number of nitrogens with one attached hydrogen (secondary N) is 1. The van der Waals surface area contributed by atoms with E-state index in [0.29, 0.717) is 35.2 Å². The van der Waals surface area contributed by atoms with Crippen LogP contribution in [0.1, 0.15) is 37.0 Å². The number of rotatable bonds is 5. The fourth-order valence-electron chi connectivity index (χ4n) is 2.93. The van der Waals surface area contributed by atoms with Crippen molar-refractivity contribution in [2.75, 3.05) is 27.3 Å². The van der Waals surface area contributed by atoms with Gasteiger partial charge in [-0.3, -0.25) is 9.59 Å². The van der Waals surface area contributed by atoms with E-state index in [1.807, 2.05) is 18.7 Å². The van der Waals surface area contributed by atoms with Crippen molar-refractivity contribution in [3.63, 3.8) is 0 Å². The van der Waals surface area contributed by atoms with Crippen molar-refractivity contribution in [2.24, 2.45) is 5.92 Å². The number of amides is 2. The van der Waals surface area contributed by atoms with Gasteiger partial charge in [0, 0.05) is 30.6 Å². The van der Waals surface area contributed by atoms with Crippen molar-refractivity contribution >= 4 is 23.4 Å². The van der Waals surface area contributed by atoms with E-state index in [9.17, 15) is 9.59 Å². The van der Waals surface area contributed by atoms with Crippen molar-refractivity contribution < 1.29 is 19.1 Å². The van der Waals surface area contributed by atoms with E-state index in [4.69, 9.17) is 21.1 Å². The Bertz CT molecular complexity index is 640. The van der Waals surface area contributed by atoms with Gasteiger partial charge in [-0.2, -0.15) is 0 Å². The Morgan fingerprint density at radius 1 is 1.20 bits per heavy atom. The summed E-state index contributed by atoms with van der Waals surface area (Å²) in [7, 11) is 2.99. The highest BCUT2D eigenvalue weighted by atomic mass is 35.5. The van der Waals surface area contributed by atoms with Crippen LogP contribution < -0.4 is 14.8 Å². The van der Waals surface area contributed by atoms with E-state index in [2.05, 4.69) is 5.32 Å². The van der Waals surface area contributed by atoms with Gasteiger partial charge in [-0.1, -0.05) is 25.4 Å². The summed E-state index contributed by atoms with van der Waals surface area (Å²) in [6.45, 7) is 5.12. The molecule has 7 heteroatoms. The normalized spacial score (nSPS) is 15.2. The maximum atomic E-state index is 12.5. The predicted molar refractivity (Wildman–Crippen MR) is 96.5 cm³/mol. The molecule has 0 spiro atoms. The zero-order valence-electron chi connectivity index (χ0n) is 15.1. The second-order valence-electron chi connectivity index (χ2n) is 6.42. The fraction of sp³-hybridized carbons (Fsp3) is 0.556. The van der Waals surface area contributed by atoms with E-state index >= 15 is 0 Å². The Kier molecular flexibility index (Phi) is 6.53. The lowest BCUT2D eigenvalue weighted by Crippen LogP contribution is -2.47. The number of likely N-dealkylation sites (tertiary alicyclic amines) is 1. The molecule has 0 radical (unpaired) electrons. The first-order chi connectivity index (χ1) is 11.9. The number of ether oxygens (including phenoxy) is 2. The van der Waals surface area contributed by atoms with Crippen molar-refractivity contribution in [1.29, 1.82) is 0 Å². The third kappa shape index (κ3) is 4.57. The van der Waals surface area contributed by atoms with Crippen LogP contribution >= 0.6 is 11.6 Å². The van der Waals surface area contributed by atoms with Crippen LogP contribution in [0, 0.1) is 5.92 Å². The Balaban J connectivity index is 1.99. The highest BCUT2D eigenvalue weighted by molar-refractivity contribution is 6.32. The summed E-state index contributed by atoms with van der Waals surface area (Å²) in [5, 5.41) is 3.33. The monoisotopic (exact) mass is 368 g/mol. The molecule has 1 aromatic carbocycles. The van der Waals surface area contributed by atoms with Crippen LogP contribution in [0.25, 0.3) is 0 Å². The van der Waals surface area contributed by atoms with Gasteiger partial charge in [0.05, 0.1) is 19.2 Å². The van der Waals surface area contributed by atoms with Crippen LogP contribution in [0.5, 0.6) is 11.5 Å². The quantitative estimate of drug-likeness (QED) is 0.867. The molecule has 25 heavy (non-hydrogen) atoms. The minimum atomic E-state index is -0.212. The molecule has 1 heterocycles. The van der Waals surface area contributed by atoms with E-state index in [1.54, 1.807) is 12.1 Å². The molecule has 1 aromatic rings. The van der Waals surface area contributed by atoms with Gasteiger partial charge in [0.25, 0.3) is 5.91 Å². The maximum absolute atomic E-state index is 12.5. The number of piperidine rings is 1. The first-order valence-corrected chi connectivity index (χ1v) is 8.76. The van der Waals surface area contributed by atoms with Crippen molar-refractivity contribution in [1.82, 2.24) is 10.2 Å². The lowest BCUT2D eigenvalue weighted by molar-refractivity contribution is -0.135. The molecule has 0 atom stereocenters. The highest BCUT2D eigenvalue weighted by Gasteiger charge is 2.26. The van der Waals surface area contributed by atoms with Gasteiger partial charge in [-0.25, -0.2) is 0 Å². The minimum absolute atomic E-state index is 0.0000435. The van der Waals surface area contributed by atoms with Crippen LogP contribution in [-0.2, 0) is 4.79 Å². The van der Waals surface area contributed by atoms with Gasteiger partial charge in [0.2, 0.25) is 5.91 Å². The lowest BCUT2D eigenvalue weighted by Gasteiger charge is -2.33. The van der Waals surface area contributed by atoms with Gasteiger partial charge >= 0.3 is 0 Å². The number of benzene rings is 1. The summed E-state index contributed by atoms with van der Waals surface area (Å²) >= 11 is 6.15. The second-order valence-corrected chi connectivity index (χ2v) is 6.83. The topological polar surface area (TPSA) is 67.9 Å². The number of nitrogens with zero attached hydrogens (tertiary/aromatic N) is 1. The van der Waals surface area contributed by atoms with Crippen molar-refractivity contribution in [3.8, 4) is 11.5 Å². The molecule has 0 saturated carbocycles. The summed E-state index contributed by atoms with van der Waals surface area (Å²) in [4.78, 5) is 26.4. The molecule has 2 rings (SSSR count). The Labute approximate surface area is 153 Å². The first-order valence-electron chi connectivity index (χ1n) is 8.38. The molecule has 1 aliphatic rings. The average Bonchev–Trinajstić information content (AvgIpc) is 2.60. The standard InChI is InChI=1S/C18H25ClN2O4/c1-11(2)18(23)21-7-5-13(6-8-21)20-17(22)12-9-14(19)16(25-4)15(10-12)24-3/h9-11,13H,5-8H2,1-4H3,(H,20,22). The van der Waals surface area contributed by atoms with Gasteiger partial charge in [0.15, 0.2) is 11.5 Å². The van der Waals surface area contributed by atoms with Gasteiger partial charge in [-0.05, 0) is 25.0 Å². The van der Waals surface area contributed by atoms with Crippen LogP contribution in [0.2, 0.25) is 5.02 Å². The number of hydrogen-bond donors (Lipinski definition) is 1. The summed E-state index contributed by atoms with van der Waals surface area (Å²) in [5.41, 5.74) is 0.420. The number of halogens is 1. The molecular weight excluding hydrogens is 344 g/mol. The molecule has 1 saturated heterocycles. The molecule has 1 aliphatic heterocycles. The Morgan fingerprint density at radius 3 is 2.36 bits per heavy atom. The third-order valence-electron chi connectivity index (χ3n) is 4.33. The molecule has 0 aliphatic carbocycles. The van der Waals surface area contributed by atoms with Gasteiger partial charge in [0.1, 0.15) is 0 Å². The van der Waals surface area contributed by atoms with Gasteiger partial charge < -0.3 is 19.7 Å². The molecule has 0 aromatic heterocycles. The molecule has 0 bridgehead atoms. The number of hydrogen-bond acceptors (Lipinski definition) is 4. The van der Waals surface area contributed by atoms with Crippen LogP contribution in [-0.4, -0.2) is 50.1 Å². The largest absolute Gasteiger partial charge is 0.493 e. The highest BCUT2D eigenvalue weighted by Crippen LogP contribution is 2.36. The Hall–Kier alpha value is -1.95. The van der Waals surface area contributed by atoms with Crippen molar-refractivity contribution in [3.05, 3.63) is 22.7 Å². The molecule has 1 N–H and O–H groups in total. The van der Waals surface area contributed by atoms with E-state index in [-0.39, 0.29) is 23.8 Å². The number of carbonyl (C=O) groups excluding carboxylic acids is 2. The van der Waals surface area contributed by atoms with E-state index < -0.39 is 0 Å². The summed E-state index contributed by atoms with van der Waals surface area (Å²) in [6, 6.07) is 3.21. The summed E-state index contributed by atoms with van der Waals surface area (Å²) < 4.78 is 10.4. The predicted octanol–water partition coefficient (Wildman–Crippen LogP) is 2.73. The van der Waals surface area contributed by atoms with Crippen LogP contribution in [0.3, 0.4) is 0 Å². The minimum Gasteiger partial charge on any atom is -0.493 e. The number of carbonyl (C=O) groups is 2. The molecular formula is C18H25ClN2O4. The van der Waals surface area contributed by atoms with Gasteiger partial charge in [-0.15, -0.1) is 0 Å². The van der Waals surface area contributed by atoms with Crippen molar-refractivity contribution in [2.45, 2.75) is 32.7 Å². The van der Waals surface area contributed by atoms with Crippen LogP contribution in [0.4, 0.5) is 0 Å². The average molecular weight is 369 g/mol. The third-order valence-corrected chi connectivity index (χ3v) is 4.61. The molecule has 0 unspecified atom stereocenters. The smallest absolute Gasteiger partial charge is 0.251 e. The zero-order chi connectivity index (χ0) is 18.6. The molecule has 2 amide bonds. The lowest BCUT2D eigenvalue weighted by atomic mass is 10.0. The van der Waals surface area contributed by atoms with E-state index in [0.717, 1.165) is 12.8 Å². The SMILES string of the molecule is COc1cc(C(=O)NC2CCN(C(=O)C(C)C)CC2)cc(Cl)c1OC. The Morgan fingerprint density at radius 2 is 1.84 bits per heavy atom. The second kappa shape index (κ2) is 8.43. The first kappa shape index (κ1) is 19.4. The zero-order valence-corrected chi connectivity index (χ0v) is 15.9. The van der Waals surface area contributed by atoms with E-state index in [1.165, 1.54) is 14.2 Å². The number of methoxy groups -OCH3 is 2. The summed E-state index contributed by atoms with van der Waals surface area (Å²) in [5.74, 6) is 0.770. The molecule has 138 valence electrons. The fourth-order valence-corrected chi connectivity index (χ4v) is 3.21. The molecule has 1 fully saturated rings. The molecule has 6 nitrogen and oxygen atoms in total. The maximum Gasteiger partial charge on any atom is 0.251 e. The van der Waals surface area contributed by atoms with Crippen LogP contribution in [0.15, 0.2) is 12.1 Å². The summed E-state index contributed by atoms with van der Waals surface area (Å²) in [6.07, 6.45) is 1.48.